The van der Waals surface area contributed by atoms with Crippen molar-refractivity contribution in [2.45, 2.75) is 64.0 Å². The summed E-state index contributed by atoms with van der Waals surface area (Å²) in [5.74, 6) is 0.541. The highest BCUT2D eigenvalue weighted by Gasteiger charge is 2.36. The van der Waals surface area contributed by atoms with Crippen molar-refractivity contribution >= 4 is 50.0 Å². The Kier molecular flexibility index (Phi) is 9.60. The summed E-state index contributed by atoms with van der Waals surface area (Å²) in [4.78, 5) is 31.5. The maximum Gasteiger partial charge on any atom is 0.393 e. The van der Waals surface area contributed by atoms with E-state index in [2.05, 4.69) is 61.0 Å². The first-order valence-electron chi connectivity index (χ1n) is 16.0. The van der Waals surface area contributed by atoms with Gasteiger partial charge in [0.1, 0.15) is 41.1 Å². The van der Waals surface area contributed by atoms with Crippen molar-refractivity contribution in [3.63, 3.8) is 0 Å². The highest BCUT2D eigenvalue weighted by molar-refractivity contribution is 7.18. The molecule has 6 rings (SSSR count). The van der Waals surface area contributed by atoms with Crippen molar-refractivity contribution < 1.29 is 18.0 Å². The summed E-state index contributed by atoms with van der Waals surface area (Å²) in [7, 11) is 0. The minimum absolute atomic E-state index is 0.125. The van der Waals surface area contributed by atoms with E-state index in [1.165, 1.54) is 6.33 Å². The van der Waals surface area contributed by atoms with Gasteiger partial charge in [-0.05, 0) is 67.3 Å². The normalized spacial score (nSPS) is 15.3. The Labute approximate surface area is 291 Å². The fourth-order valence-corrected chi connectivity index (χ4v) is 7.42. The average molecular weight is 698 g/mol. The fourth-order valence-electron chi connectivity index (χ4n) is 6.39. The van der Waals surface area contributed by atoms with Crippen molar-refractivity contribution in [3.8, 4) is 6.07 Å². The average Bonchev–Trinajstić information content (AvgIpc) is 3.67. The maximum absolute atomic E-state index is 13.0. The van der Waals surface area contributed by atoms with Crippen molar-refractivity contribution in [2.75, 3.05) is 23.7 Å². The van der Waals surface area contributed by atoms with Crippen LogP contribution in [0.5, 0.6) is 0 Å². The number of piperidine rings is 1. The number of alkyl halides is 3. The molecular weight excluding hydrogens is 664 g/mol. The summed E-state index contributed by atoms with van der Waals surface area (Å²) >= 11 is 1.04. The Balaban J connectivity index is 1.14. The molecule has 10 nitrogen and oxygen atoms in total. The number of nitrogens with one attached hydrogen (secondary N) is 2. The van der Waals surface area contributed by atoms with E-state index in [-0.39, 0.29) is 23.4 Å². The number of anilines is 2. The molecule has 5 heterocycles. The molecule has 14 heteroatoms. The summed E-state index contributed by atoms with van der Waals surface area (Å²) in [6.07, 6.45) is 0.539. The van der Waals surface area contributed by atoms with Gasteiger partial charge >= 0.3 is 6.18 Å². The molecule has 0 spiro atoms. The molecule has 1 amide bonds. The zero-order chi connectivity index (χ0) is 35.6. The van der Waals surface area contributed by atoms with Gasteiger partial charge in [-0.1, -0.05) is 12.6 Å². The second-order valence-electron chi connectivity index (χ2n) is 12.7. The van der Waals surface area contributed by atoms with Crippen LogP contribution in [-0.4, -0.2) is 55.6 Å². The number of aromatic nitrogens is 4. The van der Waals surface area contributed by atoms with E-state index in [9.17, 15) is 23.2 Å². The van der Waals surface area contributed by atoms with Crippen LogP contribution in [-0.2, 0) is 29.8 Å². The molecule has 1 fully saturated rings. The zero-order valence-electron chi connectivity index (χ0n) is 27.5. The van der Waals surface area contributed by atoms with Crippen LogP contribution in [0.15, 0.2) is 61.6 Å². The lowest BCUT2D eigenvalue weighted by molar-refractivity contribution is -0.126. The molecule has 1 atom stereocenters. The monoisotopic (exact) mass is 697 g/mol. The summed E-state index contributed by atoms with van der Waals surface area (Å²) in [5, 5.41) is 17.7. The van der Waals surface area contributed by atoms with E-state index >= 15 is 0 Å². The Hall–Kier alpha value is -5.31. The first kappa shape index (κ1) is 34.5. The maximum atomic E-state index is 13.0. The number of rotatable bonds is 10. The number of likely N-dealkylation sites (tertiary alicyclic amines) is 1. The van der Waals surface area contributed by atoms with Gasteiger partial charge in [-0.25, -0.2) is 21.5 Å². The predicted molar refractivity (Wildman–Crippen MR) is 188 cm³/mol. The van der Waals surface area contributed by atoms with Crippen LogP contribution < -0.4 is 10.6 Å². The number of hydrogen-bond donors (Lipinski definition) is 2. The summed E-state index contributed by atoms with van der Waals surface area (Å²) in [5.41, 5.74) is 3.18. The third kappa shape index (κ3) is 7.32. The predicted octanol–water partition coefficient (Wildman–Crippen LogP) is 7.36. The van der Waals surface area contributed by atoms with E-state index in [0.717, 1.165) is 71.9 Å². The number of aryl methyl sites for hydroxylation is 1. The van der Waals surface area contributed by atoms with Gasteiger partial charge in [-0.2, -0.15) is 18.4 Å². The molecule has 0 aliphatic carbocycles. The number of thiophene rings is 1. The molecule has 5 aromatic rings. The van der Waals surface area contributed by atoms with Gasteiger partial charge in [0.05, 0.1) is 17.4 Å². The molecular formula is C36H34F3N9OS. The molecule has 4 aromatic heterocycles. The highest BCUT2D eigenvalue weighted by atomic mass is 32.1. The third-order valence-electron chi connectivity index (χ3n) is 9.19. The quantitative estimate of drug-likeness (QED) is 0.116. The van der Waals surface area contributed by atoms with E-state index in [1.807, 2.05) is 23.6 Å². The molecule has 50 heavy (non-hydrogen) atoms. The lowest BCUT2D eigenvalue weighted by atomic mass is 9.94. The lowest BCUT2D eigenvalue weighted by Crippen LogP contribution is -2.39. The van der Waals surface area contributed by atoms with Crippen LogP contribution in [0.4, 0.5) is 24.8 Å². The molecule has 1 saturated heterocycles. The fraction of sp³-hybridized carbons (Fsp3) is 0.333. The van der Waals surface area contributed by atoms with Gasteiger partial charge in [0, 0.05) is 54.6 Å². The molecule has 1 aliphatic rings. The molecule has 1 aromatic carbocycles. The zero-order valence-corrected chi connectivity index (χ0v) is 28.3. The van der Waals surface area contributed by atoms with Crippen LogP contribution in [0.25, 0.3) is 26.0 Å². The number of halogens is 3. The SMILES string of the molecule is [C-]#[N+]C(C)(Cn1c(C#N)cc2c(C)c(CN3CCC(Nc4ncnc5sc(CC(F)(F)F)cc45)CC3)ccc21)c1ccc(NC(=O)C=C)nc1. The van der Waals surface area contributed by atoms with Gasteiger partial charge in [0.15, 0.2) is 0 Å². The topological polar surface area (TPSA) is 116 Å². The molecule has 0 radical (unpaired) electrons. The lowest BCUT2D eigenvalue weighted by Gasteiger charge is -2.33. The third-order valence-corrected chi connectivity index (χ3v) is 10.2. The smallest absolute Gasteiger partial charge is 0.367 e. The number of fused-ring (bicyclic) bond motifs is 2. The standard InChI is InChI=1S/C36H34F3N9OS/c1-5-32(49)46-31-9-7-24(18-42-31)35(3,41-4)20-48-26(17-40)14-28-22(2)23(6-8-30(28)48)19-47-12-10-25(11-13-47)45-33-29-15-27(16-36(37,38)39)50-34(29)44-21-43-33/h5-9,14-15,18,21,25H,1,10-13,16,19-20H2,2-3H3,(H,42,46,49)(H,43,44,45). The summed E-state index contributed by atoms with van der Waals surface area (Å²) < 4.78 is 40.8. The van der Waals surface area contributed by atoms with Crippen LogP contribution in [0, 0.1) is 24.8 Å². The molecule has 0 saturated carbocycles. The van der Waals surface area contributed by atoms with E-state index in [0.29, 0.717) is 33.1 Å². The van der Waals surface area contributed by atoms with Crippen molar-refractivity contribution in [1.29, 1.82) is 5.26 Å². The van der Waals surface area contributed by atoms with E-state index in [4.69, 9.17) is 6.57 Å². The van der Waals surface area contributed by atoms with Crippen molar-refractivity contribution in [1.82, 2.24) is 24.4 Å². The largest absolute Gasteiger partial charge is 0.393 e. The Bertz CT molecular complexity index is 2150. The minimum atomic E-state index is -4.28. The van der Waals surface area contributed by atoms with Crippen LogP contribution in [0.1, 0.15) is 47.0 Å². The Morgan fingerprint density at radius 3 is 2.62 bits per heavy atom. The van der Waals surface area contributed by atoms with Crippen molar-refractivity contribution in [2.24, 2.45) is 0 Å². The Morgan fingerprint density at radius 1 is 1.18 bits per heavy atom. The van der Waals surface area contributed by atoms with Gasteiger partial charge in [0.2, 0.25) is 5.91 Å². The summed E-state index contributed by atoms with van der Waals surface area (Å²) in [6.45, 7) is 18.0. The van der Waals surface area contributed by atoms with Crippen LogP contribution in [0.2, 0.25) is 0 Å². The van der Waals surface area contributed by atoms with Crippen LogP contribution in [0.3, 0.4) is 0 Å². The number of carbonyl (C=O) groups is 1. The van der Waals surface area contributed by atoms with Gasteiger partial charge in [0.25, 0.3) is 5.54 Å². The molecule has 1 aliphatic heterocycles. The second kappa shape index (κ2) is 13.9. The molecule has 1 unspecified atom stereocenters. The number of carbonyl (C=O) groups excluding carboxylic acids is 1. The number of nitrogens with zero attached hydrogens (tertiary/aromatic N) is 7. The molecule has 2 N–H and O–H groups in total. The highest BCUT2D eigenvalue weighted by Crippen LogP contribution is 2.35. The van der Waals surface area contributed by atoms with Gasteiger partial charge < -0.3 is 20.0 Å². The first-order chi connectivity index (χ1) is 23.9. The van der Waals surface area contributed by atoms with Crippen LogP contribution >= 0.6 is 11.3 Å². The number of pyridine rings is 1. The van der Waals surface area contributed by atoms with E-state index < -0.39 is 18.1 Å². The molecule has 256 valence electrons. The molecule has 0 bridgehead atoms. The number of nitriles is 1. The number of amides is 1. The van der Waals surface area contributed by atoms with E-state index in [1.54, 1.807) is 24.4 Å². The summed E-state index contributed by atoms with van der Waals surface area (Å²) in [6, 6.07) is 13.4. The minimum Gasteiger partial charge on any atom is -0.367 e. The second-order valence-corrected chi connectivity index (χ2v) is 13.8. The van der Waals surface area contributed by atoms with Gasteiger partial charge in [-0.3, -0.25) is 9.69 Å². The number of benzene rings is 1. The first-order valence-corrected chi connectivity index (χ1v) is 16.8. The Morgan fingerprint density at radius 2 is 1.96 bits per heavy atom. The van der Waals surface area contributed by atoms with Gasteiger partial charge in [-0.15, -0.1) is 11.3 Å². The van der Waals surface area contributed by atoms with Crippen molar-refractivity contribution in [3.05, 3.63) is 100 Å². The number of hydrogen-bond acceptors (Lipinski definition) is 8.